The van der Waals surface area contributed by atoms with Gasteiger partial charge in [-0.1, -0.05) is 6.08 Å². The molecule has 1 heterocycles. The summed E-state index contributed by atoms with van der Waals surface area (Å²) in [5, 5.41) is 1.72. The molecule has 0 bridgehead atoms. The third kappa shape index (κ3) is 1.92. The first-order valence-corrected chi connectivity index (χ1v) is 4.72. The topological polar surface area (TPSA) is 34.1 Å². The molecule has 0 saturated heterocycles. The van der Waals surface area contributed by atoms with Gasteiger partial charge in [-0.05, 0) is 30.9 Å². The van der Waals surface area contributed by atoms with Gasteiger partial charge in [-0.2, -0.15) is 0 Å². The summed E-state index contributed by atoms with van der Waals surface area (Å²) in [7, 11) is 0. The van der Waals surface area contributed by atoms with Gasteiger partial charge in [0.25, 0.3) is 0 Å². The molecule has 3 heteroatoms. The summed E-state index contributed by atoms with van der Waals surface area (Å²) < 4.78 is 0. The minimum Gasteiger partial charge on any atom is -0.289 e. The number of rotatable bonds is 3. The summed E-state index contributed by atoms with van der Waals surface area (Å²) in [4.78, 5) is 22.4. The van der Waals surface area contributed by atoms with Crippen LogP contribution < -0.4 is 0 Å². The lowest BCUT2D eigenvalue weighted by Crippen LogP contribution is -2.01. The monoisotopic (exact) mass is 193 g/mol. The average Bonchev–Trinajstić information content (AvgIpc) is 2.62. The number of allylic oxidation sites excluding steroid dienone is 2. The van der Waals surface area contributed by atoms with Crippen LogP contribution in [0.4, 0.5) is 0 Å². The van der Waals surface area contributed by atoms with E-state index < -0.39 is 0 Å². The van der Waals surface area contributed by atoms with Crippen LogP contribution in [0.15, 0.2) is 23.1 Å². The van der Waals surface area contributed by atoms with Gasteiger partial charge in [0.1, 0.15) is 0 Å². The molecular weight excluding hydrogens is 184 g/mol. The number of hydrogen-bond acceptors (Lipinski definition) is 3. The molecule has 0 atom stereocenters. The van der Waals surface area contributed by atoms with Crippen molar-refractivity contribution < 1.29 is 9.59 Å². The molecule has 2 nitrogen and oxygen atoms in total. The van der Waals surface area contributed by atoms with Crippen molar-refractivity contribution in [3.05, 3.63) is 33.5 Å². The van der Waals surface area contributed by atoms with Gasteiger partial charge in [-0.15, -0.1) is 11.3 Å². The normalized spacial score (nSPS) is 11.4. The molecule has 0 aliphatic carbocycles. The van der Waals surface area contributed by atoms with E-state index in [0.29, 0.717) is 16.0 Å². The SMILES string of the molecule is C/C=C(\C)C(=O)c1ccsc1[C]=O. The lowest BCUT2D eigenvalue weighted by atomic mass is 10.1. The van der Waals surface area contributed by atoms with E-state index in [1.54, 1.807) is 37.7 Å². The maximum absolute atomic E-state index is 11.6. The highest BCUT2D eigenvalue weighted by molar-refractivity contribution is 7.12. The summed E-state index contributed by atoms with van der Waals surface area (Å²) in [6.07, 6.45) is 3.49. The van der Waals surface area contributed by atoms with Gasteiger partial charge in [0.05, 0.1) is 4.88 Å². The second-order valence-electron chi connectivity index (χ2n) is 2.57. The maximum atomic E-state index is 11.6. The highest BCUT2D eigenvalue weighted by Gasteiger charge is 2.13. The van der Waals surface area contributed by atoms with Crippen LogP contribution in [0.25, 0.3) is 0 Å². The minimum atomic E-state index is -0.0953. The van der Waals surface area contributed by atoms with Crippen molar-refractivity contribution in [1.29, 1.82) is 0 Å². The maximum Gasteiger partial charge on any atom is 0.245 e. The standard InChI is InChI=1S/C10H9O2S/c1-3-7(2)10(12)8-4-5-13-9(8)6-11/h3-5H,1-2H3/b7-3+. The Hall–Kier alpha value is -1.22. The molecule has 0 unspecified atom stereocenters. The first-order valence-electron chi connectivity index (χ1n) is 3.84. The molecule has 0 spiro atoms. The Bertz CT molecular complexity index is 361. The quantitative estimate of drug-likeness (QED) is 0.545. The van der Waals surface area contributed by atoms with E-state index in [1.807, 2.05) is 0 Å². The van der Waals surface area contributed by atoms with Gasteiger partial charge in [-0.25, -0.2) is 0 Å². The summed E-state index contributed by atoms with van der Waals surface area (Å²) >= 11 is 1.23. The lowest BCUT2D eigenvalue weighted by Gasteiger charge is -1.96. The van der Waals surface area contributed by atoms with E-state index >= 15 is 0 Å². The Labute approximate surface area is 80.9 Å². The van der Waals surface area contributed by atoms with Crippen LogP contribution in [0.3, 0.4) is 0 Å². The summed E-state index contributed by atoms with van der Waals surface area (Å²) in [6.45, 7) is 3.53. The molecule has 0 aliphatic rings. The molecule has 0 amide bonds. The molecule has 0 fully saturated rings. The van der Waals surface area contributed by atoms with Crippen molar-refractivity contribution >= 4 is 23.4 Å². The van der Waals surface area contributed by atoms with Crippen molar-refractivity contribution in [3.8, 4) is 0 Å². The van der Waals surface area contributed by atoms with E-state index in [9.17, 15) is 9.59 Å². The van der Waals surface area contributed by atoms with Crippen LogP contribution in [0.5, 0.6) is 0 Å². The van der Waals surface area contributed by atoms with Gasteiger partial charge >= 0.3 is 0 Å². The van der Waals surface area contributed by atoms with Crippen LogP contribution in [0, 0.1) is 0 Å². The highest BCUT2D eigenvalue weighted by atomic mass is 32.1. The molecule has 0 aliphatic heterocycles. The predicted molar refractivity (Wildman–Crippen MR) is 52.9 cm³/mol. The largest absolute Gasteiger partial charge is 0.289 e. The number of carbonyl (C=O) groups excluding carboxylic acids is 2. The minimum absolute atomic E-state index is 0.0953. The zero-order valence-corrected chi connectivity index (χ0v) is 8.27. The number of carbonyl (C=O) groups is 1. The molecular formula is C10H9O2S. The van der Waals surface area contributed by atoms with Crippen molar-refractivity contribution in [2.45, 2.75) is 13.8 Å². The number of hydrogen-bond donors (Lipinski definition) is 0. The smallest absolute Gasteiger partial charge is 0.245 e. The van der Waals surface area contributed by atoms with E-state index in [0.717, 1.165) is 0 Å². The lowest BCUT2D eigenvalue weighted by molar-refractivity contribution is 0.103. The second kappa shape index (κ2) is 4.14. The van der Waals surface area contributed by atoms with Crippen molar-refractivity contribution in [1.82, 2.24) is 0 Å². The molecule has 1 aromatic rings. The zero-order chi connectivity index (χ0) is 9.84. The Morgan fingerprint density at radius 3 is 2.85 bits per heavy atom. The molecule has 1 radical (unpaired) electrons. The third-order valence-corrected chi connectivity index (χ3v) is 2.60. The fraction of sp³-hybridized carbons (Fsp3) is 0.200. The molecule has 0 N–H and O–H groups in total. The molecule has 67 valence electrons. The van der Waals surface area contributed by atoms with Crippen LogP contribution in [-0.2, 0) is 4.79 Å². The molecule has 13 heavy (non-hydrogen) atoms. The van der Waals surface area contributed by atoms with Gasteiger partial charge < -0.3 is 0 Å². The predicted octanol–water partition coefficient (Wildman–Crippen LogP) is 2.35. The molecule has 0 saturated carbocycles. The summed E-state index contributed by atoms with van der Waals surface area (Å²) in [5.74, 6) is -0.0953. The van der Waals surface area contributed by atoms with E-state index in [1.165, 1.54) is 11.3 Å². The van der Waals surface area contributed by atoms with Crippen LogP contribution >= 0.6 is 11.3 Å². The molecule has 1 aromatic heterocycles. The number of Topliss-reactive ketones (excluding diaryl/α,β-unsaturated/α-hetero) is 1. The number of ketones is 1. The Kier molecular flexibility index (Phi) is 3.14. The summed E-state index contributed by atoms with van der Waals surface area (Å²) in [5.41, 5.74) is 1.10. The summed E-state index contributed by atoms with van der Waals surface area (Å²) in [6, 6.07) is 1.65. The fourth-order valence-electron chi connectivity index (χ4n) is 0.911. The first-order chi connectivity index (χ1) is 6.20. The number of thiophene rings is 1. The average molecular weight is 193 g/mol. The third-order valence-electron chi connectivity index (χ3n) is 1.79. The van der Waals surface area contributed by atoms with Gasteiger partial charge in [0.2, 0.25) is 6.29 Å². The zero-order valence-electron chi connectivity index (χ0n) is 7.46. The Balaban J connectivity index is 3.08. The van der Waals surface area contributed by atoms with Crippen LogP contribution in [-0.4, -0.2) is 12.1 Å². The van der Waals surface area contributed by atoms with Crippen molar-refractivity contribution in [2.75, 3.05) is 0 Å². The molecule has 0 aromatic carbocycles. The Morgan fingerprint density at radius 1 is 1.62 bits per heavy atom. The van der Waals surface area contributed by atoms with Crippen LogP contribution in [0.2, 0.25) is 0 Å². The van der Waals surface area contributed by atoms with E-state index in [4.69, 9.17) is 0 Å². The van der Waals surface area contributed by atoms with Crippen molar-refractivity contribution in [2.24, 2.45) is 0 Å². The van der Waals surface area contributed by atoms with E-state index in [2.05, 4.69) is 0 Å². The Morgan fingerprint density at radius 2 is 2.31 bits per heavy atom. The highest BCUT2D eigenvalue weighted by Crippen LogP contribution is 2.17. The fourth-order valence-corrected chi connectivity index (χ4v) is 1.59. The second-order valence-corrected chi connectivity index (χ2v) is 3.48. The van der Waals surface area contributed by atoms with E-state index in [-0.39, 0.29) is 5.78 Å². The van der Waals surface area contributed by atoms with Crippen LogP contribution in [0.1, 0.15) is 29.1 Å². The van der Waals surface area contributed by atoms with Gasteiger partial charge in [0, 0.05) is 5.56 Å². The van der Waals surface area contributed by atoms with Gasteiger partial charge in [-0.3, -0.25) is 9.59 Å². The van der Waals surface area contributed by atoms with Gasteiger partial charge in [0.15, 0.2) is 5.78 Å². The van der Waals surface area contributed by atoms with Crippen molar-refractivity contribution in [3.63, 3.8) is 0 Å². The molecule has 1 rings (SSSR count). The first kappa shape index (κ1) is 9.86.